The summed E-state index contributed by atoms with van der Waals surface area (Å²) in [5.41, 5.74) is 0.438. The van der Waals surface area contributed by atoms with E-state index in [-0.39, 0.29) is 47.2 Å². The van der Waals surface area contributed by atoms with Crippen LogP contribution in [0.5, 0.6) is 0 Å². The number of urea groups is 1. The first-order valence-corrected chi connectivity index (χ1v) is 9.20. The molecule has 0 saturated carbocycles. The Hall–Kier alpha value is -2.16. The molecule has 0 aliphatic carbocycles. The summed E-state index contributed by atoms with van der Waals surface area (Å²) in [5, 5.41) is 13.2. The van der Waals surface area contributed by atoms with E-state index in [0.29, 0.717) is 25.3 Å². The van der Waals surface area contributed by atoms with Crippen LogP contribution in [0.25, 0.3) is 0 Å². The van der Waals surface area contributed by atoms with Crippen LogP contribution in [-0.4, -0.2) is 64.5 Å². The van der Waals surface area contributed by atoms with Gasteiger partial charge in [-0.2, -0.15) is 0 Å². The van der Waals surface area contributed by atoms with Crippen molar-refractivity contribution in [2.75, 3.05) is 19.6 Å². The van der Waals surface area contributed by atoms with Crippen LogP contribution < -0.4 is 10.6 Å². The third-order valence-corrected chi connectivity index (χ3v) is 5.85. The molecule has 2 N–H and O–H groups in total. The maximum Gasteiger partial charge on any atom is 0.317 e. The Labute approximate surface area is 151 Å². The Morgan fingerprint density at radius 1 is 1.38 bits per heavy atom. The molecule has 2 bridgehead atoms. The highest BCUT2D eigenvalue weighted by Gasteiger charge is 2.63. The highest BCUT2D eigenvalue weighted by atomic mass is 16.6. The van der Waals surface area contributed by atoms with E-state index in [2.05, 4.69) is 25.6 Å². The van der Waals surface area contributed by atoms with E-state index >= 15 is 0 Å². The molecule has 1 aromatic rings. The van der Waals surface area contributed by atoms with Gasteiger partial charge < -0.3 is 20.3 Å². The minimum Gasteiger partial charge on any atom is -0.369 e. The lowest BCUT2D eigenvalue weighted by Gasteiger charge is -2.29. The highest BCUT2D eigenvalue weighted by Crippen LogP contribution is 2.54. The second-order valence-corrected chi connectivity index (χ2v) is 7.92. The summed E-state index contributed by atoms with van der Waals surface area (Å²) >= 11 is 0. The van der Waals surface area contributed by atoms with Gasteiger partial charge in [-0.05, 0) is 38.8 Å². The molecule has 0 radical (unpaired) electrons. The van der Waals surface area contributed by atoms with Gasteiger partial charge in [0.25, 0.3) is 5.91 Å². The molecule has 26 heavy (non-hydrogen) atoms. The number of rotatable bonds is 4. The van der Waals surface area contributed by atoms with Crippen molar-refractivity contribution < 1.29 is 19.0 Å². The number of fused-ring (bicyclic) bond motifs is 1. The van der Waals surface area contributed by atoms with Gasteiger partial charge in [0.1, 0.15) is 5.69 Å². The molecule has 9 heteroatoms. The number of carbonyl (C=O) groups excluding carboxylic acids is 2. The minimum atomic E-state index is -0.284. The molecule has 4 atom stereocenters. The predicted molar refractivity (Wildman–Crippen MR) is 90.4 cm³/mol. The summed E-state index contributed by atoms with van der Waals surface area (Å²) in [6.45, 7) is 7.39. The van der Waals surface area contributed by atoms with Crippen LogP contribution >= 0.6 is 0 Å². The summed E-state index contributed by atoms with van der Waals surface area (Å²) in [6, 6.07) is 0.0648. The second kappa shape index (κ2) is 6.22. The van der Waals surface area contributed by atoms with Gasteiger partial charge in [0.05, 0.1) is 18.2 Å². The first-order chi connectivity index (χ1) is 12.4. The maximum atomic E-state index is 12.4. The summed E-state index contributed by atoms with van der Waals surface area (Å²) in [4.78, 5) is 26.5. The molecule has 1 spiro atoms. The summed E-state index contributed by atoms with van der Waals surface area (Å²) in [5.74, 6) is 0.161. The maximum absolute atomic E-state index is 12.4. The monoisotopic (exact) mass is 363 g/mol. The van der Waals surface area contributed by atoms with Crippen LogP contribution in [0.1, 0.15) is 42.9 Å². The van der Waals surface area contributed by atoms with E-state index in [1.807, 2.05) is 18.7 Å². The average molecular weight is 363 g/mol. The van der Waals surface area contributed by atoms with Gasteiger partial charge in [-0.25, -0.2) is 9.42 Å². The standard InChI is InChI=1S/C17H25N5O4/c1-9(2)19-16(24)22-7-12-11(13-4-5-17(12,8-22)25-13)6-18-15(23)14-10(3)20-26-21-14/h9,11-13H,4-8H2,1-3H3,(H,18,23)(H,19,24)/t11-,12+,13+,17+/m0/s1. The van der Waals surface area contributed by atoms with Crippen molar-refractivity contribution in [1.82, 2.24) is 25.8 Å². The fourth-order valence-corrected chi connectivity index (χ4v) is 4.69. The van der Waals surface area contributed by atoms with E-state index < -0.39 is 0 Å². The number of ether oxygens (including phenoxy) is 1. The van der Waals surface area contributed by atoms with Gasteiger partial charge in [0, 0.05) is 31.0 Å². The molecule has 4 heterocycles. The number of nitrogens with one attached hydrogen (secondary N) is 2. The second-order valence-electron chi connectivity index (χ2n) is 7.92. The molecular weight excluding hydrogens is 338 g/mol. The molecule has 3 aliphatic heterocycles. The van der Waals surface area contributed by atoms with E-state index in [1.54, 1.807) is 6.92 Å². The number of nitrogens with zero attached hydrogens (tertiary/aromatic N) is 3. The van der Waals surface area contributed by atoms with Crippen LogP contribution in [-0.2, 0) is 4.74 Å². The normalized spacial score (nSPS) is 32.2. The number of amides is 3. The number of aryl methyl sites for hydroxylation is 1. The van der Waals surface area contributed by atoms with Gasteiger partial charge >= 0.3 is 6.03 Å². The zero-order chi connectivity index (χ0) is 18.5. The lowest BCUT2D eigenvalue weighted by atomic mass is 9.73. The van der Waals surface area contributed by atoms with Crippen LogP contribution in [0, 0.1) is 18.8 Å². The molecule has 3 aliphatic rings. The zero-order valence-corrected chi connectivity index (χ0v) is 15.3. The SMILES string of the molecule is Cc1nonc1C(=O)NC[C@H]1[C@H]2CN(C(=O)NC(C)C)C[C@]23CC[C@H]1O3. The Balaban J connectivity index is 1.41. The zero-order valence-electron chi connectivity index (χ0n) is 15.3. The lowest BCUT2D eigenvalue weighted by Crippen LogP contribution is -2.43. The largest absolute Gasteiger partial charge is 0.369 e. The van der Waals surface area contributed by atoms with Gasteiger partial charge in [-0.15, -0.1) is 0 Å². The summed E-state index contributed by atoms with van der Waals surface area (Å²) in [6.07, 6.45) is 2.10. The van der Waals surface area contributed by atoms with Gasteiger partial charge in [-0.3, -0.25) is 4.79 Å². The minimum absolute atomic E-state index is 0.0390. The van der Waals surface area contributed by atoms with Crippen LogP contribution in [0.15, 0.2) is 4.63 Å². The van der Waals surface area contributed by atoms with Gasteiger partial charge in [-0.1, -0.05) is 5.16 Å². The van der Waals surface area contributed by atoms with Crippen LogP contribution in [0.2, 0.25) is 0 Å². The fourth-order valence-electron chi connectivity index (χ4n) is 4.69. The summed E-state index contributed by atoms with van der Waals surface area (Å²) in [7, 11) is 0. The Morgan fingerprint density at radius 3 is 2.88 bits per heavy atom. The van der Waals surface area contributed by atoms with Crippen molar-refractivity contribution in [2.45, 2.75) is 51.4 Å². The molecule has 142 valence electrons. The first-order valence-electron chi connectivity index (χ1n) is 9.20. The van der Waals surface area contributed by atoms with Crippen molar-refractivity contribution in [3.05, 3.63) is 11.4 Å². The average Bonchev–Trinajstić information content (AvgIpc) is 3.31. The van der Waals surface area contributed by atoms with E-state index in [0.717, 1.165) is 12.8 Å². The Morgan fingerprint density at radius 2 is 2.19 bits per heavy atom. The predicted octanol–water partition coefficient (Wildman–Crippen LogP) is 0.705. The Kier molecular flexibility index (Phi) is 4.13. The van der Waals surface area contributed by atoms with Crippen LogP contribution in [0.3, 0.4) is 0 Å². The number of aromatic nitrogens is 2. The third kappa shape index (κ3) is 2.74. The molecule has 3 fully saturated rings. The quantitative estimate of drug-likeness (QED) is 0.815. The lowest BCUT2D eigenvalue weighted by molar-refractivity contribution is 0.00548. The van der Waals surface area contributed by atoms with Crippen molar-refractivity contribution in [2.24, 2.45) is 11.8 Å². The molecule has 3 saturated heterocycles. The first kappa shape index (κ1) is 17.3. The summed E-state index contributed by atoms with van der Waals surface area (Å²) < 4.78 is 10.9. The number of carbonyl (C=O) groups is 2. The van der Waals surface area contributed by atoms with Crippen molar-refractivity contribution in [1.29, 1.82) is 0 Å². The molecule has 3 amide bonds. The fraction of sp³-hybridized carbons (Fsp3) is 0.765. The molecule has 0 unspecified atom stereocenters. The van der Waals surface area contributed by atoms with Crippen LogP contribution in [0.4, 0.5) is 4.79 Å². The van der Waals surface area contributed by atoms with E-state index in [4.69, 9.17) is 4.74 Å². The molecular formula is C17H25N5O4. The molecule has 1 aromatic heterocycles. The Bertz CT molecular complexity index is 720. The molecule has 0 aromatic carbocycles. The topological polar surface area (TPSA) is 110 Å². The number of hydrogen-bond donors (Lipinski definition) is 2. The molecule has 4 rings (SSSR count). The third-order valence-electron chi connectivity index (χ3n) is 5.85. The van der Waals surface area contributed by atoms with Gasteiger partial charge in [0.2, 0.25) is 0 Å². The van der Waals surface area contributed by atoms with Crippen molar-refractivity contribution >= 4 is 11.9 Å². The number of hydrogen-bond acceptors (Lipinski definition) is 6. The highest BCUT2D eigenvalue weighted by molar-refractivity contribution is 5.92. The van der Waals surface area contributed by atoms with Crippen molar-refractivity contribution in [3.63, 3.8) is 0 Å². The van der Waals surface area contributed by atoms with E-state index in [9.17, 15) is 9.59 Å². The van der Waals surface area contributed by atoms with E-state index in [1.165, 1.54) is 0 Å². The van der Waals surface area contributed by atoms with Crippen molar-refractivity contribution in [3.8, 4) is 0 Å². The molecule has 9 nitrogen and oxygen atoms in total. The smallest absolute Gasteiger partial charge is 0.317 e. The number of likely N-dealkylation sites (tertiary alicyclic amines) is 1. The van der Waals surface area contributed by atoms with Gasteiger partial charge in [0.15, 0.2) is 5.69 Å².